The van der Waals surface area contributed by atoms with Gasteiger partial charge in [0.25, 0.3) is 0 Å². The monoisotopic (exact) mass is 236 g/mol. The van der Waals surface area contributed by atoms with E-state index in [1.54, 1.807) is 17.5 Å². The average molecular weight is 236 g/mol. The molecule has 1 atom stereocenters. The summed E-state index contributed by atoms with van der Waals surface area (Å²) in [6.45, 7) is 6.17. The Balaban J connectivity index is 2.23. The molecule has 2 aromatic rings. The van der Waals surface area contributed by atoms with Crippen molar-refractivity contribution < 1.29 is 5.11 Å². The summed E-state index contributed by atoms with van der Waals surface area (Å²) in [5.74, 6) is 0. The number of hydrogen-bond donors (Lipinski definition) is 1. The van der Waals surface area contributed by atoms with Gasteiger partial charge in [-0.15, -0.1) is 11.3 Å². The molecule has 0 saturated heterocycles. The third-order valence-electron chi connectivity index (χ3n) is 2.53. The molecule has 1 N–H and O–H groups in total. The van der Waals surface area contributed by atoms with Crippen molar-refractivity contribution in [1.29, 1.82) is 0 Å². The van der Waals surface area contributed by atoms with Gasteiger partial charge in [0.05, 0.1) is 6.20 Å². The molecule has 0 aliphatic rings. The van der Waals surface area contributed by atoms with E-state index in [0.717, 1.165) is 11.1 Å². The third-order valence-corrected chi connectivity index (χ3v) is 3.41. The molecule has 0 fully saturated rings. The molecule has 16 heavy (non-hydrogen) atoms. The Labute approximate surface area is 99.4 Å². The predicted octanol–water partition coefficient (Wildman–Crippen LogP) is 2.92. The number of aromatic nitrogens is 2. The first-order valence-electron chi connectivity index (χ1n) is 5.35. The van der Waals surface area contributed by atoms with Crippen molar-refractivity contribution >= 4 is 11.3 Å². The molecule has 86 valence electrons. The number of aliphatic hydroxyl groups excluding tert-OH is 1. The summed E-state index contributed by atoms with van der Waals surface area (Å²) in [4.78, 5) is 1.21. The molecule has 0 aliphatic heterocycles. The van der Waals surface area contributed by atoms with Crippen LogP contribution in [0.3, 0.4) is 0 Å². The van der Waals surface area contributed by atoms with Crippen LogP contribution in [0.15, 0.2) is 23.8 Å². The molecule has 0 aliphatic carbocycles. The molecule has 1 unspecified atom stereocenters. The van der Waals surface area contributed by atoms with E-state index < -0.39 is 6.10 Å². The fourth-order valence-electron chi connectivity index (χ4n) is 1.58. The van der Waals surface area contributed by atoms with Crippen LogP contribution in [0.2, 0.25) is 0 Å². The fourth-order valence-corrected chi connectivity index (χ4v) is 2.30. The Kier molecular flexibility index (Phi) is 3.12. The highest BCUT2D eigenvalue weighted by Gasteiger charge is 2.14. The van der Waals surface area contributed by atoms with E-state index in [0.29, 0.717) is 6.04 Å². The SMILES string of the molecule is Cc1cc(C(O)c2cnn(C(C)C)c2)cs1. The second kappa shape index (κ2) is 4.39. The lowest BCUT2D eigenvalue weighted by atomic mass is 10.1. The zero-order valence-electron chi connectivity index (χ0n) is 9.71. The summed E-state index contributed by atoms with van der Waals surface area (Å²) in [7, 11) is 0. The minimum Gasteiger partial charge on any atom is -0.384 e. The van der Waals surface area contributed by atoms with Gasteiger partial charge in [-0.25, -0.2) is 0 Å². The van der Waals surface area contributed by atoms with Crippen molar-refractivity contribution in [1.82, 2.24) is 9.78 Å². The minimum atomic E-state index is -0.558. The van der Waals surface area contributed by atoms with E-state index in [4.69, 9.17) is 0 Å². The Morgan fingerprint density at radius 3 is 2.62 bits per heavy atom. The highest BCUT2D eigenvalue weighted by Crippen LogP contribution is 2.26. The number of hydrogen-bond acceptors (Lipinski definition) is 3. The molecular formula is C12H16N2OS. The van der Waals surface area contributed by atoms with Gasteiger partial charge in [-0.2, -0.15) is 5.10 Å². The molecule has 0 saturated carbocycles. The molecule has 0 spiro atoms. The maximum Gasteiger partial charge on any atom is 0.108 e. The molecule has 2 rings (SSSR count). The second-order valence-corrected chi connectivity index (χ2v) is 5.36. The Hall–Kier alpha value is -1.13. The highest BCUT2D eigenvalue weighted by atomic mass is 32.1. The Bertz CT molecular complexity index is 473. The van der Waals surface area contributed by atoms with Gasteiger partial charge >= 0.3 is 0 Å². The van der Waals surface area contributed by atoms with Gasteiger partial charge in [0, 0.05) is 22.7 Å². The van der Waals surface area contributed by atoms with E-state index in [1.165, 1.54) is 4.88 Å². The van der Waals surface area contributed by atoms with Gasteiger partial charge in [-0.3, -0.25) is 4.68 Å². The van der Waals surface area contributed by atoms with Gasteiger partial charge in [0.2, 0.25) is 0 Å². The standard InChI is InChI=1S/C12H16N2OS/c1-8(2)14-6-11(5-13-14)12(15)10-4-9(3)16-7-10/h4-8,12,15H,1-3H3. The van der Waals surface area contributed by atoms with Crippen molar-refractivity contribution in [3.05, 3.63) is 39.8 Å². The largest absolute Gasteiger partial charge is 0.384 e. The summed E-state index contributed by atoms with van der Waals surface area (Å²) in [6.07, 6.45) is 3.08. The van der Waals surface area contributed by atoms with Crippen LogP contribution in [0.4, 0.5) is 0 Å². The van der Waals surface area contributed by atoms with E-state index in [2.05, 4.69) is 18.9 Å². The molecule has 3 nitrogen and oxygen atoms in total. The van der Waals surface area contributed by atoms with Gasteiger partial charge in [0.1, 0.15) is 6.10 Å². The summed E-state index contributed by atoms with van der Waals surface area (Å²) < 4.78 is 1.86. The fraction of sp³-hybridized carbons (Fsp3) is 0.417. The second-order valence-electron chi connectivity index (χ2n) is 4.24. The van der Waals surface area contributed by atoms with Crippen molar-refractivity contribution in [2.75, 3.05) is 0 Å². The smallest absolute Gasteiger partial charge is 0.108 e. The van der Waals surface area contributed by atoms with Crippen LogP contribution >= 0.6 is 11.3 Å². The molecule has 0 bridgehead atoms. The molecule has 4 heteroatoms. The van der Waals surface area contributed by atoms with Crippen molar-refractivity contribution in [3.63, 3.8) is 0 Å². The minimum absolute atomic E-state index is 0.324. The van der Waals surface area contributed by atoms with Gasteiger partial charge in [-0.1, -0.05) is 0 Å². The lowest BCUT2D eigenvalue weighted by molar-refractivity contribution is 0.220. The molecule has 2 aromatic heterocycles. The van der Waals surface area contributed by atoms with E-state index in [1.807, 2.05) is 29.2 Å². The summed E-state index contributed by atoms with van der Waals surface area (Å²) in [5.41, 5.74) is 1.80. The van der Waals surface area contributed by atoms with Gasteiger partial charge < -0.3 is 5.11 Å². The number of aryl methyl sites for hydroxylation is 1. The summed E-state index contributed by atoms with van der Waals surface area (Å²) in [5, 5.41) is 16.4. The topological polar surface area (TPSA) is 38.1 Å². The van der Waals surface area contributed by atoms with Crippen molar-refractivity contribution in [2.45, 2.75) is 32.9 Å². The molecular weight excluding hydrogens is 220 g/mol. The first-order chi connectivity index (χ1) is 7.58. The van der Waals surface area contributed by atoms with E-state index in [9.17, 15) is 5.11 Å². The first-order valence-corrected chi connectivity index (χ1v) is 6.23. The van der Waals surface area contributed by atoms with Crippen LogP contribution in [-0.2, 0) is 0 Å². The quantitative estimate of drug-likeness (QED) is 0.889. The van der Waals surface area contributed by atoms with Gasteiger partial charge in [-0.05, 0) is 37.8 Å². The van der Waals surface area contributed by atoms with Gasteiger partial charge in [0.15, 0.2) is 0 Å². The van der Waals surface area contributed by atoms with Crippen LogP contribution in [0.1, 0.15) is 42.0 Å². The molecule has 0 amide bonds. The van der Waals surface area contributed by atoms with E-state index in [-0.39, 0.29) is 0 Å². The molecule has 0 radical (unpaired) electrons. The Morgan fingerprint density at radius 2 is 2.12 bits per heavy atom. The number of aliphatic hydroxyl groups is 1. The van der Waals surface area contributed by atoms with Crippen LogP contribution in [0, 0.1) is 6.92 Å². The zero-order valence-corrected chi connectivity index (χ0v) is 10.5. The number of rotatable bonds is 3. The van der Waals surface area contributed by atoms with Crippen LogP contribution in [-0.4, -0.2) is 14.9 Å². The zero-order chi connectivity index (χ0) is 11.7. The predicted molar refractivity (Wildman–Crippen MR) is 65.7 cm³/mol. The maximum absolute atomic E-state index is 10.2. The highest BCUT2D eigenvalue weighted by molar-refractivity contribution is 7.10. The number of thiophene rings is 1. The first kappa shape index (κ1) is 11.4. The van der Waals surface area contributed by atoms with Crippen molar-refractivity contribution in [2.24, 2.45) is 0 Å². The summed E-state index contributed by atoms with van der Waals surface area (Å²) >= 11 is 1.65. The van der Waals surface area contributed by atoms with Crippen LogP contribution < -0.4 is 0 Å². The van der Waals surface area contributed by atoms with Crippen LogP contribution in [0.5, 0.6) is 0 Å². The maximum atomic E-state index is 10.2. The summed E-state index contributed by atoms with van der Waals surface area (Å²) in [6, 6.07) is 2.34. The van der Waals surface area contributed by atoms with Crippen molar-refractivity contribution in [3.8, 4) is 0 Å². The normalized spacial score (nSPS) is 13.3. The molecule has 2 heterocycles. The van der Waals surface area contributed by atoms with Crippen LogP contribution in [0.25, 0.3) is 0 Å². The lowest BCUT2D eigenvalue weighted by Gasteiger charge is -2.06. The van der Waals surface area contributed by atoms with E-state index >= 15 is 0 Å². The number of nitrogens with zero attached hydrogens (tertiary/aromatic N) is 2. The third kappa shape index (κ3) is 2.18. The Morgan fingerprint density at radius 1 is 1.38 bits per heavy atom. The molecule has 0 aromatic carbocycles. The lowest BCUT2D eigenvalue weighted by Crippen LogP contribution is -2.01. The average Bonchev–Trinajstić information content (AvgIpc) is 2.84.